The molecule has 1 aliphatic heterocycles. The van der Waals surface area contributed by atoms with Crippen LogP contribution in [-0.2, 0) is 0 Å². The maximum Gasteiger partial charge on any atom is 0.255 e. The number of hydrogen-bond donors (Lipinski definition) is 0. The molecule has 2 rings (SSSR count). The van der Waals surface area contributed by atoms with Gasteiger partial charge in [0.05, 0.1) is 5.71 Å². The van der Waals surface area contributed by atoms with Crippen LogP contribution in [0.1, 0.15) is 19.4 Å². The highest BCUT2D eigenvalue weighted by atomic mass is 35.9. The lowest BCUT2D eigenvalue weighted by Crippen LogP contribution is -2.25. The third-order valence-corrected chi connectivity index (χ3v) is 4.90. The lowest BCUT2D eigenvalue weighted by Gasteiger charge is -2.26. The first-order valence-corrected chi connectivity index (χ1v) is 10.1. The Balaban J connectivity index is 2.68. The van der Waals surface area contributed by atoms with Crippen LogP contribution in [0.2, 0.25) is 0 Å². The normalized spacial score (nSPS) is 16.8. The number of hydrogen-bond acceptors (Lipinski definition) is 4. The van der Waals surface area contributed by atoms with Crippen molar-refractivity contribution in [3.8, 4) is 6.07 Å². The number of rotatable bonds is 4. The van der Waals surface area contributed by atoms with Crippen molar-refractivity contribution in [2.24, 2.45) is 9.51 Å². The van der Waals surface area contributed by atoms with E-state index in [1.54, 1.807) is 0 Å². The standard InChI is InChI=1S/C14H15Cl2N4P/c1-3-20(4-2)14-12(10-17)13(18-21(15,16)19-14)11-8-6-5-7-9-11/h5-9H,3-4H2,1-2H3. The molecule has 1 aromatic rings. The fraction of sp³-hybridized carbons (Fsp3) is 0.286. The van der Waals surface area contributed by atoms with Crippen LogP contribution in [-0.4, -0.2) is 23.7 Å². The molecule has 0 radical (unpaired) electrons. The SMILES string of the molecule is CCN(CC)C1=C(C#N)C(c2ccccc2)=NP(Cl)(Cl)=N1. The van der Waals surface area contributed by atoms with Crippen LogP contribution >= 0.6 is 28.4 Å². The summed E-state index contributed by atoms with van der Waals surface area (Å²) in [7, 11) is 0. The van der Waals surface area contributed by atoms with Gasteiger partial charge in [-0.2, -0.15) is 10.0 Å². The molecule has 0 fully saturated rings. The summed E-state index contributed by atoms with van der Waals surface area (Å²) in [6.07, 6.45) is 0. The van der Waals surface area contributed by atoms with Crippen molar-refractivity contribution in [2.75, 3.05) is 13.1 Å². The van der Waals surface area contributed by atoms with Crippen molar-refractivity contribution in [2.45, 2.75) is 13.8 Å². The smallest absolute Gasteiger partial charge is 0.255 e. The Kier molecular flexibility index (Phi) is 5.11. The quantitative estimate of drug-likeness (QED) is 0.725. The van der Waals surface area contributed by atoms with Gasteiger partial charge in [-0.05, 0) is 36.3 Å². The summed E-state index contributed by atoms with van der Waals surface area (Å²) >= 11 is 12.5. The molecule has 1 heterocycles. The zero-order valence-corrected chi connectivity index (χ0v) is 14.2. The molecule has 1 aromatic carbocycles. The van der Waals surface area contributed by atoms with Crippen LogP contribution in [0.15, 0.2) is 51.2 Å². The molecule has 0 aromatic heterocycles. The lowest BCUT2D eigenvalue weighted by atomic mass is 10.0. The zero-order chi connectivity index (χ0) is 15.5. The van der Waals surface area contributed by atoms with Gasteiger partial charge in [0.1, 0.15) is 11.6 Å². The van der Waals surface area contributed by atoms with E-state index in [2.05, 4.69) is 15.6 Å². The second kappa shape index (κ2) is 6.66. The van der Waals surface area contributed by atoms with Gasteiger partial charge in [-0.1, -0.05) is 30.3 Å². The third kappa shape index (κ3) is 3.49. The fourth-order valence-corrected chi connectivity index (χ4v) is 3.95. The van der Waals surface area contributed by atoms with Crippen LogP contribution in [0.3, 0.4) is 0 Å². The molecule has 0 spiro atoms. The lowest BCUT2D eigenvalue weighted by molar-refractivity contribution is 0.378. The number of halogens is 2. The van der Waals surface area contributed by atoms with Gasteiger partial charge < -0.3 is 4.90 Å². The molecule has 0 saturated heterocycles. The average molecular weight is 341 g/mol. The van der Waals surface area contributed by atoms with E-state index in [0.29, 0.717) is 17.1 Å². The predicted octanol–water partition coefficient (Wildman–Crippen LogP) is 4.99. The summed E-state index contributed by atoms with van der Waals surface area (Å²) in [6, 6.07) is 11.7. The maximum atomic E-state index is 9.55. The minimum Gasteiger partial charge on any atom is -0.356 e. The topological polar surface area (TPSA) is 51.8 Å². The molecule has 7 heteroatoms. The van der Waals surface area contributed by atoms with E-state index in [9.17, 15) is 5.26 Å². The Hall–Kier alpha value is -1.27. The molecule has 21 heavy (non-hydrogen) atoms. The van der Waals surface area contributed by atoms with Gasteiger partial charge in [-0.3, -0.25) is 0 Å². The average Bonchev–Trinajstić information content (AvgIpc) is 2.48. The Morgan fingerprint density at radius 2 is 1.81 bits per heavy atom. The van der Waals surface area contributed by atoms with Gasteiger partial charge in [0.2, 0.25) is 0 Å². The molecule has 4 nitrogen and oxygen atoms in total. The van der Waals surface area contributed by atoms with Crippen LogP contribution in [0, 0.1) is 11.3 Å². The van der Waals surface area contributed by atoms with Crippen LogP contribution < -0.4 is 0 Å². The van der Waals surface area contributed by atoms with Crippen molar-refractivity contribution in [1.29, 1.82) is 5.26 Å². The van der Waals surface area contributed by atoms with Crippen molar-refractivity contribution < 1.29 is 0 Å². The van der Waals surface area contributed by atoms with Crippen molar-refractivity contribution in [3.63, 3.8) is 0 Å². The van der Waals surface area contributed by atoms with Crippen molar-refractivity contribution in [3.05, 3.63) is 47.3 Å². The minimum absolute atomic E-state index is 0.418. The van der Waals surface area contributed by atoms with E-state index >= 15 is 0 Å². The first-order valence-electron chi connectivity index (χ1n) is 6.59. The fourth-order valence-electron chi connectivity index (χ4n) is 2.11. The summed E-state index contributed by atoms with van der Waals surface area (Å²) in [4.78, 5) is 1.97. The summed E-state index contributed by atoms with van der Waals surface area (Å²) in [5, 5.41) is 9.55. The first-order chi connectivity index (χ1) is 10.0. The summed E-state index contributed by atoms with van der Waals surface area (Å²) < 4.78 is 8.64. The minimum atomic E-state index is -2.84. The van der Waals surface area contributed by atoms with E-state index < -0.39 is 5.91 Å². The summed E-state index contributed by atoms with van der Waals surface area (Å²) in [6.45, 7) is 5.43. The van der Waals surface area contributed by atoms with Crippen LogP contribution in [0.4, 0.5) is 0 Å². The van der Waals surface area contributed by atoms with Gasteiger partial charge in [0, 0.05) is 18.7 Å². The van der Waals surface area contributed by atoms with E-state index in [1.165, 1.54) is 0 Å². The van der Waals surface area contributed by atoms with Crippen molar-refractivity contribution in [1.82, 2.24) is 4.90 Å². The Morgan fingerprint density at radius 3 is 2.33 bits per heavy atom. The zero-order valence-electron chi connectivity index (χ0n) is 11.8. The molecule has 0 saturated carbocycles. The monoisotopic (exact) mass is 340 g/mol. The summed E-state index contributed by atoms with van der Waals surface area (Å²) in [5.41, 5.74) is 1.76. The van der Waals surface area contributed by atoms with E-state index in [4.69, 9.17) is 22.5 Å². The molecule has 0 amide bonds. The second-order valence-corrected chi connectivity index (χ2v) is 9.01. The highest BCUT2D eigenvalue weighted by Gasteiger charge is 2.28. The maximum absolute atomic E-state index is 9.55. The van der Waals surface area contributed by atoms with Crippen LogP contribution in [0.5, 0.6) is 0 Å². The van der Waals surface area contributed by atoms with Gasteiger partial charge in [0.25, 0.3) is 5.91 Å². The summed E-state index contributed by atoms with van der Waals surface area (Å²) in [5.74, 6) is -2.30. The number of allylic oxidation sites excluding steroid dienone is 1. The molecule has 0 bridgehead atoms. The Bertz CT molecular complexity index is 679. The highest BCUT2D eigenvalue weighted by Crippen LogP contribution is 2.64. The Morgan fingerprint density at radius 1 is 1.19 bits per heavy atom. The van der Waals surface area contributed by atoms with Gasteiger partial charge in [-0.15, -0.1) is 0 Å². The highest BCUT2D eigenvalue weighted by molar-refractivity contribution is 8.09. The largest absolute Gasteiger partial charge is 0.356 e. The molecule has 0 N–H and O–H groups in total. The number of benzene rings is 1. The van der Waals surface area contributed by atoms with E-state index in [0.717, 1.165) is 18.7 Å². The second-order valence-electron chi connectivity index (χ2n) is 4.35. The molecule has 0 aliphatic carbocycles. The molecular weight excluding hydrogens is 326 g/mol. The third-order valence-electron chi connectivity index (χ3n) is 3.12. The first kappa shape index (κ1) is 16.1. The molecule has 110 valence electrons. The van der Waals surface area contributed by atoms with Gasteiger partial charge in [-0.25, -0.2) is 4.76 Å². The molecule has 1 aliphatic rings. The Labute approximate surface area is 134 Å². The molecule has 0 atom stereocenters. The molecule has 0 unspecified atom stereocenters. The van der Waals surface area contributed by atoms with Gasteiger partial charge >= 0.3 is 0 Å². The number of nitriles is 1. The van der Waals surface area contributed by atoms with E-state index in [-0.39, 0.29) is 0 Å². The number of nitrogens with zero attached hydrogens (tertiary/aromatic N) is 4. The van der Waals surface area contributed by atoms with E-state index in [1.807, 2.05) is 49.1 Å². The molecular formula is C14H15Cl2N4P. The van der Waals surface area contributed by atoms with Crippen LogP contribution in [0.25, 0.3) is 0 Å². The predicted molar refractivity (Wildman–Crippen MR) is 89.6 cm³/mol. The van der Waals surface area contributed by atoms with Crippen molar-refractivity contribution >= 4 is 34.1 Å². The van der Waals surface area contributed by atoms with Gasteiger partial charge in [0.15, 0.2) is 5.82 Å².